The second-order valence-electron chi connectivity index (χ2n) is 6.47. The Kier molecular flexibility index (Phi) is 7.67. The minimum atomic E-state index is 0.129. The molecular weight excluding hydrogens is 352 g/mol. The van der Waals surface area contributed by atoms with E-state index in [1.54, 1.807) is 0 Å². The molecule has 0 aliphatic carbocycles. The summed E-state index contributed by atoms with van der Waals surface area (Å²) in [6.07, 6.45) is 0. The van der Waals surface area contributed by atoms with E-state index in [2.05, 4.69) is 41.0 Å². The number of ether oxygens (including phenoxy) is 2. The van der Waals surface area contributed by atoms with Crippen molar-refractivity contribution in [2.24, 2.45) is 0 Å². The van der Waals surface area contributed by atoms with E-state index in [0.29, 0.717) is 26.3 Å². The maximum atomic E-state index is 8.85. The number of aliphatic hydroxyl groups is 1. The van der Waals surface area contributed by atoms with Crippen molar-refractivity contribution in [3.63, 3.8) is 0 Å². The number of benzene rings is 3. The van der Waals surface area contributed by atoms with Gasteiger partial charge in [-0.1, -0.05) is 42.5 Å². The van der Waals surface area contributed by atoms with Crippen LogP contribution in [0.1, 0.15) is 0 Å². The molecule has 5 nitrogen and oxygen atoms in total. The number of nitrogens with one attached hydrogen (secondary N) is 2. The third-order valence-electron chi connectivity index (χ3n) is 4.46. The Hall–Kier alpha value is -2.60. The fraction of sp³-hybridized carbons (Fsp3) is 0.304. The Morgan fingerprint density at radius 1 is 0.821 bits per heavy atom. The Labute approximate surface area is 166 Å². The van der Waals surface area contributed by atoms with Crippen LogP contribution in [0.3, 0.4) is 0 Å². The number of rotatable bonds is 11. The van der Waals surface area contributed by atoms with Crippen LogP contribution in [0.2, 0.25) is 0 Å². The summed E-state index contributed by atoms with van der Waals surface area (Å²) >= 11 is 0. The summed E-state index contributed by atoms with van der Waals surface area (Å²) < 4.78 is 12.0. The molecule has 3 aromatic carbocycles. The molecule has 3 rings (SSSR count). The SMILES string of the molecule is CNCCOc1cc(-c2ccccc2OCCNCCO)cc2ccccc12. The molecule has 0 saturated heterocycles. The smallest absolute Gasteiger partial charge is 0.127 e. The molecule has 28 heavy (non-hydrogen) atoms. The van der Waals surface area contributed by atoms with E-state index in [4.69, 9.17) is 14.6 Å². The normalized spacial score (nSPS) is 10.9. The first kappa shape index (κ1) is 20.1. The number of fused-ring (bicyclic) bond motifs is 1. The summed E-state index contributed by atoms with van der Waals surface area (Å²) in [6.45, 7) is 3.33. The predicted molar refractivity (Wildman–Crippen MR) is 114 cm³/mol. The maximum Gasteiger partial charge on any atom is 0.127 e. The van der Waals surface area contributed by atoms with E-state index >= 15 is 0 Å². The van der Waals surface area contributed by atoms with Gasteiger partial charge in [0.15, 0.2) is 0 Å². The first-order valence-corrected chi connectivity index (χ1v) is 9.67. The zero-order valence-electron chi connectivity index (χ0n) is 16.3. The second kappa shape index (κ2) is 10.7. The minimum absolute atomic E-state index is 0.129. The largest absolute Gasteiger partial charge is 0.492 e. The van der Waals surface area contributed by atoms with Crippen molar-refractivity contribution in [3.8, 4) is 22.6 Å². The van der Waals surface area contributed by atoms with Gasteiger partial charge in [0.05, 0.1) is 6.61 Å². The van der Waals surface area contributed by atoms with Crippen molar-refractivity contribution in [2.75, 3.05) is 46.5 Å². The number of hydrogen-bond acceptors (Lipinski definition) is 5. The molecule has 0 amide bonds. The molecule has 0 radical (unpaired) electrons. The second-order valence-corrected chi connectivity index (χ2v) is 6.47. The van der Waals surface area contributed by atoms with Gasteiger partial charge < -0.3 is 25.2 Å². The van der Waals surface area contributed by atoms with Crippen molar-refractivity contribution < 1.29 is 14.6 Å². The molecule has 0 atom stereocenters. The molecule has 0 aromatic heterocycles. The van der Waals surface area contributed by atoms with Gasteiger partial charge >= 0.3 is 0 Å². The topological polar surface area (TPSA) is 62.8 Å². The molecule has 0 heterocycles. The van der Waals surface area contributed by atoms with Crippen molar-refractivity contribution in [1.29, 1.82) is 0 Å². The zero-order chi connectivity index (χ0) is 19.6. The molecule has 148 valence electrons. The van der Waals surface area contributed by atoms with Crippen molar-refractivity contribution in [2.45, 2.75) is 0 Å². The highest BCUT2D eigenvalue weighted by molar-refractivity contribution is 5.93. The van der Waals surface area contributed by atoms with Gasteiger partial charge in [0.25, 0.3) is 0 Å². The van der Waals surface area contributed by atoms with Crippen molar-refractivity contribution in [3.05, 3.63) is 60.7 Å². The van der Waals surface area contributed by atoms with Gasteiger partial charge in [-0.3, -0.25) is 0 Å². The third kappa shape index (κ3) is 5.23. The number of aliphatic hydroxyl groups excluding tert-OH is 1. The minimum Gasteiger partial charge on any atom is -0.492 e. The van der Waals surface area contributed by atoms with Crippen LogP contribution in [0.25, 0.3) is 21.9 Å². The molecule has 3 aromatic rings. The molecule has 0 bridgehead atoms. The molecule has 0 unspecified atom stereocenters. The lowest BCUT2D eigenvalue weighted by molar-refractivity contribution is 0.276. The standard InChI is InChI=1S/C23H28N2O3/c1-24-11-14-28-23-17-19(16-18-6-2-3-7-20(18)23)21-8-4-5-9-22(21)27-15-12-25-10-13-26/h2-9,16-17,24-26H,10-15H2,1H3. The van der Waals surface area contributed by atoms with Crippen LogP contribution in [0.15, 0.2) is 60.7 Å². The fourth-order valence-electron chi connectivity index (χ4n) is 3.08. The molecular formula is C23H28N2O3. The number of likely N-dealkylation sites (N-methyl/N-ethyl adjacent to an activating group) is 1. The molecule has 3 N–H and O–H groups in total. The average molecular weight is 380 g/mol. The van der Waals surface area contributed by atoms with Crippen LogP contribution >= 0.6 is 0 Å². The van der Waals surface area contributed by atoms with Crippen molar-refractivity contribution in [1.82, 2.24) is 10.6 Å². The summed E-state index contributed by atoms with van der Waals surface area (Å²) in [5.41, 5.74) is 2.10. The van der Waals surface area contributed by atoms with E-state index in [0.717, 1.165) is 39.9 Å². The van der Waals surface area contributed by atoms with E-state index in [9.17, 15) is 0 Å². The Bertz CT molecular complexity index is 883. The Morgan fingerprint density at radius 3 is 2.43 bits per heavy atom. The number of para-hydroxylation sites is 1. The molecule has 0 saturated carbocycles. The van der Waals surface area contributed by atoms with Crippen LogP contribution in [-0.4, -0.2) is 51.6 Å². The lowest BCUT2D eigenvalue weighted by Gasteiger charge is -2.15. The monoisotopic (exact) mass is 380 g/mol. The van der Waals surface area contributed by atoms with E-state index in [1.807, 2.05) is 37.4 Å². The maximum absolute atomic E-state index is 8.85. The van der Waals surface area contributed by atoms with E-state index < -0.39 is 0 Å². The van der Waals surface area contributed by atoms with E-state index in [1.165, 1.54) is 0 Å². The highest BCUT2D eigenvalue weighted by atomic mass is 16.5. The van der Waals surface area contributed by atoms with E-state index in [-0.39, 0.29) is 6.61 Å². The van der Waals surface area contributed by atoms with Gasteiger partial charge in [-0.05, 0) is 36.2 Å². The lowest BCUT2D eigenvalue weighted by Crippen LogP contribution is -2.24. The molecule has 0 fully saturated rings. The lowest BCUT2D eigenvalue weighted by atomic mass is 9.99. The zero-order valence-corrected chi connectivity index (χ0v) is 16.3. The first-order valence-electron chi connectivity index (χ1n) is 9.67. The average Bonchev–Trinajstić information content (AvgIpc) is 2.74. The molecule has 0 aliphatic rings. The third-order valence-corrected chi connectivity index (χ3v) is 4.46. The molecule has 0 spiro atoms. The van der Waals surface area contributed by atoms with Crippen LogP contribution in [0.4, 0.5) is 0 Å². The Morgan fingerprint density at radius 2 is 1.57 bits per heavy atom. The van der Waals surface area contributed by atoms with Gasteiger partial charge in [-0.15, -0.1) is 0 Å². The highest BCUT2D eigenvalue weighted by Crippen LogP contribution is 2.36. The summed E-state index contributed by atoms with van der Waals surface area (Å²) in [4.78, 5) is 0. The van der Waals surface area contributed by atoms with Gasteiger partial charge in [0.1, 0.15) is 24.7 Å². The van der Waals surface area contributed by atoms with Crippen LogP contribution in [0.5, 0.6) is 11.5 Å². The van der Waals surface area contributed by atoms with Crippen LogP contribution < -0.4 is 20.1 Å². The highest BCUT2D eigenvalue weighted by Gasteiger charge is 2.11. The van der Waals surface area contributed by atoms with Gasteiger partial charge in [-0.2, -0.15) is 0 Å². The van der Waals surface area contributed by atoms with Gasteiger partial charge in [0.2, 0.25) is 0 Å². The van der Waals surface area contributed by atoms with Gasteiger partial charge in [-0.25, -0.2) is 0 Å². The quantitative estimate of drug-likeness (QED) is 0.446. The molecule has 0 aliphatic heterocycles. The van der Waals surface area contributed by atoms with Gasteiger partial charge in [0, 0.05) is 30.6 Å². The van der Waals surface area contributed by atoms with Crippen molar-refractivity contribution >= 4 is 10.8 Å². The summed E-state index contributed by atoms with van der Waals surface area (Å²) in [5, 5.41) is 17.3. The first-order chi connectivity index (χ1) is 13.8. The predicted octanol–water partition coefficient (Wildman–Crippen LogP) is 3.07. The summed E-state index contributed by atoms with van der Waals surface area (Å²) in [6, 6.07) is 20.6. The van der Waals surface area contributed by atoms with Crippen LogP contribution in [-0.2, 0) is 0 Å². The van der Waals surface area contributed by atoms with Crippen LogP contribution in [0, 0.1) is 0 Å². The summed E-state index contributed by atoms with van der Waals surface area (Å²) in [5.74, 6) is 1.72. The molecule has 5 heteroatoms. The summed E-state index contributed by atoms with van der Waals surface area (Å²) in [7, 11) is 1.92. The Balaban J connectivity index is 1.88. The fourth-order valence-corrected chi connectivity index (χ4v) is 3.08. The number of hydrogen-bond donors (Lipinski definition) is 3.